The van der Waals surface area contributed by atoms with Crippen LogP contribution in [0.5, 0.6) is 0 Å². The van der Waals surface area contributed by atoms with Crippen LogP contribution in [0.25, 0.3) is 0 Å². The zero-order chi connectivity index (χ0) is 10.6. The minimum atomic E-state index is 0.344. The molecular formula is C12H27AlN+. The Morgan fingerprint density at radius 2 is 1.29 bits per heavy atom. The fourth-order valence-corrected chi connectivity index (χ4v) is 4.59. The highest BCUT2D eigenvalue weighted by Gasteiger charge is 2.34. The third-order valence-corrected chi connectivity index (χ3v) is 6.21. The van der Waals surface area contributed by atoms with E-state index in [9.17, 15) is 0 Å². The molecule has 2 heteroatoms. The summed E-state index contributed by atoms with van der Waals surface area (Å²) in [5.41, 5.74) is 0. The van der Waals surface area contributed by atoms with E-state index in [-0.39, 0.29) is 0 Å². The summed E-state index contributed by atoms with van der Waals surface area (Å²) in [5, 5.41) is 3.19. The van der Waals surface area contributed by atoms with Crippen LogP contribution in [0.2, 0.25) is 10.6 Å². The first-order chi connectivity index (χ1) is 6.59. The van der Waals surface area contributed by atoms with Crippen LogP contribution in [0.4, 0.5) is 0 Å². The average Bonchev–Trinajstić information content (AvgIpc) is 2.02. The van der Waals surface area contributed by atoms with Crippen molar-refractivity contribution in [2.75, 3.05) is 13.1 Å². The first-order valence-corrected chi connectivity index (χ1v) is 8.46. The van der Waals surface area contributed by atoms with Gasteiger partial charge in [-0.3, -0.25) is 0 Å². The second-order valence-electron chi connectivity index (χ2n) is 5.51. The van der Waals surface area contributed by atoms with Crippen LogP contribution in [0.15, 0.2) is 0 Å². The summed E-state index contributed by atoms with van der Waals surface area (Å²) in [4.78, 5) is 0. The minimum Gasteiger partial charge on any atom is -0.320 e. The van der Waals surface area contributed by atoms with Gasteiger partial charge in [-0.1, -0.05) is 10.6 Å². The SMILES string of the molecule is CC(C)[N+]1(C(C)C)CC[CH2][AlH][CH2]CC1. The number of hydrogen-bond donors (Lipinski definition) is 0. The smallest absolute Gasteiger partial charge is 0.237 e. The van der Waals surface area contributed by atoms with Gasteiger partial charge in [0.2, 0.25) is 15.2 Å². The molecule has 1 nitrogen and oxygen atoms in total. The summed E-state index contributed by atoms with van der Waals surface area (Å²) in [6, 6.07) is 1.63. The second-order valence-corrected chi connectivity index (χ2v) is 7.63. The molecule has 0 aromatic heterocycles. The fourth-order valence-electron chi connectivity index (χ4n) is 3.08. The van der Waals surface area contributed by atoms with E-state index < -0.39 is 0 Å². The van der Waals surface area contributed by atoms with Crippen LogP contribution in [-0.4, -0.2) is 44.9 Å². The molecule has 0 aromatic carbocycles. The highest BCUT2D eigenvalue weighted by molar-refractivity contribution is 6.35. The third-order valence-electron chi connectivity index (χ3n) is 4.21. The Morgan fingerprint density at radius 3 is 1.64 bits per heavy atom. The van der Waals surface area contributed by atoms with Crippen molar-refractivity contribution in [3.05, 3.63) is 0 Å². The van der Waals surface area contributed by atoms with Gasteiger partial charge in [0.15, 0.2) is 0 Å². The number of quaternary nitrogens is 1. The first-order valence-electron chi connectivity index (χ1n) is 6.46. The van der Waals surface area contributed by atoms with Crippen LogP contribution in [0.3, 0.4) is 0 Å². The number of hydrogen-bond acceptors (Lipinski definition) is 0. The molecule has 0 radical (unpaired) electrons. The Labute approximate surface area is 96.2 Å². The van der Waals surface area contributed by atoms with E-state index in [1.54, 1.807) is 10.6 Å². The molecule has 1 aliphatic rings. The molecule has 1 fully saturated rings. The molecule has 0 aromatic rings. The molecule has 1 saturated heterocycles. The van der Waals surface area contributed by atoms with Gasteiger partial charge in [0.1, 0.15) is 0 Å². The molecule has 14 heavy (non-hydrogen) atoms. The van der Waals surface area contributed by atoms with Gasteiger partial charge in [-0.25, -0.2) is 0 Å². The summed E-state index contributed by atoms with van der Waals surface area (Å²) in [5.74, 6) is 0. The van der Waals surface area contributed by atoms with Gasteiger partial charge < -0.3 is 4.48 Å². The van der Waals surface area contributed by atoms with Crippen molar-refractivity contribution in [1.82, 2.24) is 0 Å². The van der Waals surface area contributed by atoms with Gasteiger partial charge in [0.05, 0.1) is 25.2 Å². The van der Waals surface area contributed by atoms with Gasteiger partial charge in [-0.05, 0) is 40.5 Å². The lowest BCUT2D eigenvalue weighted by atomic mass is 10.1. The molecule has 0 aliphatic carbocycles. The molecule has 1 rings (SSSR count). The molecule has 0 amide bonds. The van der Waals surface area contributed by atoms with E-state index >= 15 is 0 Å². The Bertz CT molecular complexity index is 148. The predicted molar refractivity (Wildman–Crippen MR) is 66.3 cm³/mol. The summed E-state index contributed by atoms with van der Waals surface area (Å²) in [7, 11) is 0. The van der Waals surface area contributed by atoms with Gasteiger partial charge in [-0.2, -0.15) is 0 Å². The number of nitrogens with zero attached hydrogens (tertiary/aromatic N) is 1. The monoisotopic (exact) mass is 212 g/mol. The zero-order valence-electron chi connectivity index (χ0n) is 10.6. The molecule has 0 unspecified atom stereocenters. The molecule has 0 saturated carbocycles. The van der Waals surface area contributed by atoms with Crippen molar-refractivity contribution >= 4 is 15.2 Å². The second kappa shape index (κ2) is 5.54. The molecule has 0 spiro atoms. The molecule has 0 atom stereocenters. The molecule has 1 heterocycles. The van der Waals surface area contributed by atoms with Gasteiger partial charge in [-0.15, -0.1) is 0 Å². The number of rotatable bonds is 2. The van der Waals surface area contributed by atoms with Crippen LogP contribution < -0.4 is 0 Å². The van der Waals surface area contributed by atoms with Crippen molar-refractivity contribution in [3.8, 4) is 0 Å². The summed E-state index contributed by atoms with van der Waals surface area (Å²) in [6.45, 7) is 12.6. The quantitative estimate of drug-likeness (QED) is 0.487. The van der Waals surface area contributed by atoms with Gasteiger partial charge >= 0.3 is 0 Å². The van der Waals surface area contributed by atoms with Crippen LogP contribution >= 0.6 is 0 Å². The maximum absolute atomic E-state index is 2.42. The van der Waals surface area contributed by atoms with Crippen LogP contribution in [0, 0.1) is 0 Å². The molecule has 1 aliphatic heterocycles. The lowest BCUT2D eigenvalue weighted by Gasteiger charge is -2.47. The first kappa shape index (κ1) is 12.6. The standard InChI is InChI=1S/C12H26N.Al.H/c1-7-9-13(10-8-2,11(3)4)12(5)6;;/h11-12H,1-2,7-10H2,3-6H3;;/q+1;;. The Balaban J connectivity index is 2.71. The van der Waals surface area contributed by atoms with E-state index in [4.69, 9.17) is 0 Å². The third kappa shape index (κ3) is 2.75. The molecular weight excluding hydrogens is 185 g/mol. The summed E-state index contributed by atoms with van der Waals surface area (Å²) in [6.07, 6.45) is 3.01. The Morgan fingerprint density at radius 1 is 0.857 bits per heavy atom. The van der Waals surface area contributed by atoms with Crippen molar-refractivity contribution in [2.45, 2.75) is 63.2 Å². The molecule has 0 N–H and O–H groups in total. The average molecular weight is 212 g/mol. The maximum atomic E-state index is 2.42. The summed E-state index contributed by atoms with van der Waals surface area (Å²) >= 11 is 0.344. The normalized spacial score (nSPS) is 23.0. The van der Waals surface area contributed by atoms with Gasteiger partial charge in [0.25, 0.3) is 0 Å². The van der Waals surface area contributed by atoms with Crippen molar-refractivity contribution in [3.63, 3.8) is 0 Å². The van der Waals surface area contributed by atoms with Crippen molar-refractivity contribution in [2.24, 2.45) is 0 Å². The van der Waals surface area contributed by atoms with E-state index in [2.05, 4.69) is 27.7 Å². The highest BCUT2D eigenvalue weighted by atomic mass is 27.1. The summed E-state index contributed by atoms with van der Waals surface area (Å²) < 4.78 is 1.38. The predicted octanol–water partition coefficient (Wildman–Crippen LogP) is 2.69. The van der Waals surface area contributed by atoms with E-state index in [1.807, 2.05) is 0 Å². The molecule has 0 bridgehead atoms. The van der Waals surface area contributed by atoms with Crippen LogP contribution in [0.1, 0.15) is 40.5 Å². The topological polar surface area (TPSA) is 0 Å². The van der Waals surface area contributed by atoms with E-state index in [0.29, 0.717) is 15.2 Å². The lowest BCUT2D eigenvalue weighted by molar-refractivity contribution is -0.966. The largest absolute Gasteiger partial charge is 0.320 e. The lowest BCUT2D eigenvalue weighted by Crippen LogP contribution is -2.59. The van der Waals surface area contributed by atoms with E-state index in [1.165, 1.54) is 30.4 Å². The minimum absolute atomic E-state index is 0.344. The van der Waals surface area contributed by atoms with E-state index in [0.717, 1.165) is 12.1 Å². The van der Waals surface area contributed by atoms with Crippen molar-refractivity contribution < 1.29 is 4.48 Å². The molecule has 82 valence electrons. The highest BCUT2D eigenvalue weighted by Crippen LogP contribution is 2.24. The van der Waals surface area contributed by atoms with Gasteiger partial charge in [0, 0.05) is 0 Å². The fraction of sp³-hybridized carbons (Fsp3) is 1.00. The zero-order valence-corrected chi connectivity index (χ0v) is 12.0. The van der Waals surface area contributed by atoms with Crippen molar-refractivity contribution in [1.29, 1.82) is 0 Å². The Hall–Kier alpha value is 0.492. The maximum Gasteiger partial charge on any atom is 0.237 e. The Kier molecular flexibility index (Phi) is 4.97. The van der Waals surface area contributed by atoms with Crippen LogP contribution in [-0.2, 0) is 0 Å².